The third-order valence-electron chi connectivity index (χ3n) is 2.93. The minimum Gasteiger partial charge on any atom is -0.391 e. The van der Waals surface area contributed by atoms with Gasteiger partial charge in [0.15, 0.2) is 0 Å². The summed E-state index contributed by atoms with van der Waals surface area (Å²) in [5.74, 6) is -1.26. The van der Waals surface area contributed by atoms with Gasteiger partial charge in [0, 0.05) is 0 Å². The molecule has 0 aliphatic carbocycles. The number of halogens is 2. The quantitative estimate of drug-likeness (QED) is 0.595. The topological polar surface area (TPSA) is 21.6 Å². The molecule has 0 atom stereocenters. The van der Waals surface area contributed by atoms with Gasteiger partial charge in [-0.05, 0) is 29.7 Å². The Morgan fingerprint density at radius 2 is 1.70 bits per heavy atom. The molecule has 0 aliphatic rings. The first kappa shape index (κ1) is 14.2. The van der Waals surface area contributed by atoms with Crippen molar-refractivity contribution in [2.24, 2.45) is 5.16 Å². The van der Waals surface area contributed by atoms with Crippen molar-refractivity contribution >= 4 is 6.21 Å². The Morgan fingerprint density at radius 3 is 2.30 bits per heavy atom. The normalized spacial score (nSPS) is 10.9. The van der Waals surface area contributed by atoms with Crippen LogP contribution in [-0.2, 0) is 17.9 Å². The monoisotopic (exact) mass is 275 g/mol. The van der Waals surface area contributed by atoms with Crippen molar-refractivity contribution in [3.8, 4) is 0 Å². The van der Waals surface area contributed by atoms with E-state index in [-0.39, 0.29) is 12.2 Å². The molecular weight excluding hydrogens is 260 g/mol. The Balaban J connectivity index is 1.93. The fourth-order valence-electron chi connectivity index (χ4n) is 1.71. The number of hydrogen-bond donors (Lipinski definition) is 0. The van der Waals surface area contributed by atoms with Crippen LogP contribution in [-0.4, -0.2) is 6.21 Å². The third kappa shape index (κ3) is 3.63. The first-order valence-electron chi connectivity index (χ1n) is 6.38. The number of oxime groups is 1. The summed E-state index contributed by atoms with van der Waals surface area (Å²) in [6, 6.07) is 11.5. The van der Waals surface area contributed by atoms with Gasteiger partial charge in [0.1, 0.15) is 18.2 Å². The van der Waals surface area contributed by atoms with E-state index in [0.717, 1.165) is 12.0 Å². The maximum atomic E-state index is 13.3. The van der Waals surface area contributed by atoms with Gasteiger partial charge in [0.25, 0.3) is 0 Å². The largest absolute Gasteiger partial charge is 0.391 e. The van der Waals surface area contributed by atoms with E-state index in [1.54, 1.807) is 0 Å². The summed E-state index contributed by atoms with van der Waals surface area (Å²) in [6.07, 6.45) is 2.48. The van der Waals surface area contributed by atoms with Crippen molar-refractivity contribution in [3.63, 3.8) is 0 Å². The average molecular weight is 275 g/mol. The van der Waals surface area contributed by atoms with Gasteiger partial charge >= 0.3 is 0 Å². The lowest BCUT2D eigenvalue weighted by Crippen LogP contribution is -1.96. The van der Waals surface area contributed by atoms with Crippen LogP contribution >= 0.6 is 0 Å². The first-order valence-corrected chi connectivity index (χ1v) is 6.38. The van der Waals surface area contributed by atoms with Crippen LogP contribution in [0.3, 0.4) is 0 Å². The molecule has 104 valence electrons. The molecule has 2 rings (SSSR count). The van der Waals surface area contributed by atoms with E-state index in [1.165, 1.54) is 30.0 Å². The summed E-state index contributed by atoms with van der Waals surface area (Å²) in [7, 11) is 0. The SMILES string of the molecule is CCc1ccc(C=NOCc2c(F)cccc2F)cc1. The number of rotatable bonds is 5. The van der Waals surface area contributed by atoms with Gasteiger partial charge in [-0.15, -0.1) is 0 Å². The lowest BCUT2D eigenvalue weighted by atomic mass is 10.1. The van der Waals surface area contributed by atoms with Crippen LogP contribution in [0.4, 0.5) is 8.78 Å². The molecule has 2 aromatic rings. The minimum absolute atomic E-state index is 0.119. The van der Waals surface area contributed by atoms with Gasteiger partial charge in [-0.2, -0.15) is 0 Å². The average Bonchev–Trinajstić information content (AvgIpc) is 2.46. The van der Waals surface area contributed by atoms with Gasteiger partial charge in [0.2, 0.25) is 0 Å². The second-order valence-electron chi connectivity index (χ2n) is 4.30. The van der Waals surface area contributed by atoms with E-state index >= 15 is 0 Å². The number of hydrogen-bond acceptors (Lipinski definition) is 2. The first-order chi connectivity index (χ1) is 9.70. The van der Waals surface area contributed by atoms with E-state index in [1.807, 2.05) is 24.3 Å². The van der Waals surface area contributed by atoms with Crippen molar-refractivity contribution in [2.45, 2.75) is 20.0 Å². The Bertz CT molecular complexity index is 574. The van der Waals surface area contributed by atoms with Crippen molar-refractivity contribution in [1.29, 1.82) is 0 Å². The van der Waals surface area contributed by atoms with Crippen LogP contribution in [0.2, 0.25) is 0 Å². The summed E-state index contributed by atoms with van der Waals surface area (Å²) in [5.41, 5.74) is 1.98. The lowest BCUT2D eigenvalue weighted by molar-refractivity contribution is 0.126. The van der Waals surface area contributed by atoms with Crippen molar-refractivity contribution in [1.82, 2.24) is 0 Å². The highest BCUT2D eigenvalue weighted by molar-refractivity contribution is 5.79. The van der Waals surface area contributed by atoms with Crippen LogP contribution in [0.25, 0.3) is 0 Å². The molecule has 0 spiro atoms. The Hall–Kier alpha value is -2.23. The van der Waals surface area contributed by atoms with Gasteiger partial charge in [-0.3, -0.25) is 0 Å². The van der Waals surface area contributed by atoms with Crippen LogP contribution in [0.5, 0.6) is 0 Å². The molecule has 0 fully saturated rings. The summed E-state index contributed by atoms with van der Waals surface area (Å²) < 4.78 is 26.6. The fourth-order valence-corrected chi connectivity index (χ4v) is 1.71. The van der Waals surface area contributed by atoms with Gasteiger partial charge in [0.05, 0.1) is 11.8 Å². The Kier molecular flexibility index (Phi) is 4.82. The van der Waals surface area contributed by atoms with Gasteiger partial charge in [-0.1, -0.05) is 42.4 Å². The lowest BCUT2D eigenvalue weighted by Gasteiger charge is -2.03. The maximum Gasteiger partial charge on any atom is 0.147 e. The van der Waals surface area contributed by atoms with Gasteiger partial charge < -0.3 is 4.84 Å². The van der Waals surface area contributed by atoms with E-state index in [4.69, 9.17) is 4.84 Å². The number of nitrogens with zero attached hydrogens (tertiary/aromatic N) is 1. The van der Waals surface area contributed by atoms with Crippen LogP contribution in [0.15, 0.2) is 47.6 Å². The van der Waals surface area contributed by atoms with E-state index < -0.39 is 11.6 Å². The van der Waals surface area contributed by atoms with E-state index in [9.17, 15) is 8.78 Å². The summed E-state index contributed by atoms with van der Waals surface area (Å²) >= 11 is 0. The van der Waals surface area contributed by atoms with Crippen molar-refractivity contribution < 1.29 is 13.6 Å². The standard InChI is InChI=1S/C16H15F2NO/c1-2-12-6-8-13(9-7-12)10-19-20-11-14-15(17)4-3-5-16(14)18/h3-10H,2,11H2,1H3. The van der Waals surface area contributed by atoms with Crippen molar-refractivity contribution in [3.05, 3.63) is 70.8 Å². The Morgan fingerprint density at radius 1 is 1.05 bits per heavy atom. The van der Waals surface area contributed by atoms with Crippen LogP contribution in [0.1, 0.15) is 23.6 Å². The van der Waals surface area contributed by atoms with E-state index in [0.29, 0.717) is 0 Å². The molecule has 0 radical (unpaired) electrons. The molecule has 0 saturated carbocycles. The molecule has 2 nitrogen and oxygen atoms in total. The molecule has 20 heavy (non-hydrogen) atoms. The molecule has 0 heterocycles. The molecule has 0 saturated heterocycles. The highest BCUT2D eigenvalue weighted by atomic mass is 19.1. The molecule has 0 N–H and O–H groups in total. The molecule has 0 aromatic heterocycles. The second-order valence-corrected chi connectivity index (χ2v) is 4.30. The fraction of sp³-hybridized carbons (Fsp3) is 0.188. The smallest absolute Gasteiger partial charge is 0.147 e. The summed E-state index contributed by atoms with van der Waals surface area (Å²) in [4.78, 5) is 4.93. The molecule has 0 unspecified atom stereocenters. The highest BCUT2D eigenvalue weighted by Crippen LogP contribution is 2.13. The summed E-state index contributed by atoms with van der Waals surface area (Å²) in [5, 5.41) is 3.72. The van der Waals surface area contributed by atoms with Crippen molar-refractivity contribution in [2.75, 3.05) is 0 Å². The molecule has 0 bridgehead atoms. The molecule has 4 heteroatoms. The zero-order valence-electron chi connectivity index (χ0n) is 11.1. The predicted molar refractivity (Wildman–Crippen MR) is 74.6 cm³/mol. The maximum absolute atomic E-state index is 13.3. The van der Waals surface area contributed by atoms with Gasteiger partial charge in [-0.25, -0.2) is 8.78 Å². The molecule has 0 aliphatic heterocycles. The van der Waals surface area contributed by atoms with Crippen LogP contribution in [0, 0.1) is 11.6 Å². The summed E-state index contributed by atoms with van der Waals surface area (Å²) in [6.45, 7) is 1.84. The van der Waals surface area contributed by atoms with Crippen LogP contribution < -0.4 is 0 Å². The minimum atomic E-state index is -0.632. The Labute approximate surface area is 116 Å². The molecular formula is C16H15F2NO. The predicted octanol–water partition coefficient (Wildman–Crippen LogP) is 4.08. The molecule has 2 aromatic carbocycles. The third-order valence-corrected chi connectivity index (χ3v) is 2.93. The second kappa shape index (κ2) is 6.80. The number of aryl methyl sites for hydroxylation is 1. The zero-order chi connectivity index (χ0) is 14.4. The molecule has 0 amide bonds. The van der Waals surface area contributed by atoms with E-state index in [2.05, 4.69) is 12.1 Å². The highest BCUT2D eigenvalue weighted by Gasteiger charge is 2.07. The zero-order valence-corrected chi connectivity index (χ0v) is 11.1. The number of benzene rings is 2.